The summed E-state index contributed by atoms with van der Waals surface area (Å²) in [5, 5.41) is 0. The summed E-state index contributed by atoms with van der Waals surface area (Å²) in [7, 11) is -3.57. The van der Waals surface area contributed by atoms with E-state index in [0.29, 0.717) is 24.5 Å². The topological polar surface area (TPSA) is 95.0 Å². The van der Waals surface area contributed by atoms with Gasteiger partial charge in [0.25, 0.3) is 0 Å². The number of benzene rings is 1. The second-order valence-corrected chi connectivity index (χ2v) is 6.18. The Hall–Kier alpha value is -1.13. The van der Waals surface area contributed by atoms with Crippen LogP contribution in [-0.4, -0.2) is 27.5 Å². The van der Waals surface area contributed by atoms with Gasteiger partial charge >= 0.3 is 0 Å². The largest absolute Gasteiger partial charge is 0.256 e. The van der Waals surface area contributed by atoms with Gasteiger partial charge in [0.1, 0.15) is 16.3 Å². The minimum absolute atomic E-state index is 0.156. The zero-order valence-corrected chi connectivity index (χ0v) is 10.9. The average molecular weight is 285 g/mol. The number of hydrogen-bond acceptors (Lipinski definition) is 6. The summed E-state index contributed by atoms with van der Waals surface area (Å²) in [6.07, 6.45) is 0. The molecule has 96 valence electrons. The lowest BCUT2D eigenvalue weighted by Crippen LogP contribution is -2.38. The summed E-state index contributed by atoms with van der Waals surface area (Å²) in [6, 6.07) is 4.80. The number of nitrogens with one attached hydrogen (secondary N) is 3. The van der Waals surface area contributed by atoms with Gasteiger partial charge in [0.15, 0.2) is 0 Å². The van der Waals surface area contributed by atoms with Gasteiger partial charge in [0, 0.05) is 19.1 Å². The molecule has 3 rings (SSSR count). The van der Waals surface area contributed by atoms with E-state index in [9.17, 15) is 8.42 Å². The van der Waals surface area contributed by atoms with Crippen LogP contribution in [0, 0.1) is 0 Å². The Bertz CT molecular complexity index is 645. The van der Waals surface area contributed by atoms with Crippen LogP contribution in [-0.2, 0) is 21.4 Å². The second kappa shape index (κ2) is 4.52. The number of hydrogen-bond donors (Lipinski definition) is 3. The third-order valence-electron chi connectivity index (χ3n) is 2.68. The second-order valence-electron chi connectivity index (χ2n) is 3.97. The van der Waals surface area contributed by atoms with E-state index in [4.69, 9.17) is 0 Å². The summed E-state index contributed by atoms with van der Waals surface area (Å²) in [6.45, 7) is 1.12. The van der Waals surface area contributed by atoms with Gasteiger partial charge in [-0.3, -0.25) is 10.9 Å². The minimum Gasteiger partial charge on any atom is -0.256 e. The molecule has 3 N–H and O–H groups in total. The van der Waals surface area contributed by atoms with Crippen molar-refractivity contribution in [3.63, 3.8) is 0 Å². The molecule has 0 amide bonds. The Morgan fingerprint density at radius 1 is 1.28 bits per heavy atom. The van der Waals surface area contributed by atoms with Crippen LogP contribution >= 0.6 is 0 Å². The Balaban J connectivity index is 1.94. The number of fused-ring (bicyclic) bond motifs is 1. The maximum absolute atomic E-state index is 12.3. The molecule has 7 nitrogen and oxygen atoms in total. The quantitative estimate of drug-likeness (QED) is 0.749. The molecule has 9 heteroatoms. The normalized spacial score (nSPS) is 18.9. The Labute approximate surface area is 108 Å². The monoisotopic (exact) mass is 285 g/mol. The Morgan fingerprint density at radius 3 is 2.83 bits per heavy atom. The molecular formula is C9H11N5O2S2. The molecule has 0 radical (unpaired) electrons. The molecule has 1 fully saturated rings. The predicted molar refractivity (Wildman–Crippen MR) is 68.1 cm³/mol. The van der Waals surface area contributed by atoms with Crippen molar-refractivity contribution in [2.24, 2.45) is 8.73 Å². The molecule has 0 spiro atoms. The average Bonchev–Trinajstić information content (AvgIpc) is 2.97. The minimum atomic E-state index is -3.57. The zero-order chi connectivity index (χ0) is 12.6. The van der Waals surface area contributed by atoms with Gasteiger partial charge in [-0.05, 0) is 12.1 Å². The molecule has 0 saturated carbocycles. The van der Waals surface area contributed by atoms with Gasteiger partial charge in [-0.25, -0.2) is 13.1 Å². The van der Waals surface area contributed by atoms with E-state index in [1.165, 1.54) is 0 Å². The molecule has 2 heterocycles. The van der Waals surface area contributed by atoms with E-state index in [2.05, 4.69) is 24.3 Å². The van der Waals surface area contributed by atoms with Crippen LogP contribution in [0.2, 0.25) is 0 Å². The highest BCUT2D eigenvalue weighted by molar-refractivity contribution is 7.89. The summed E-state index contributed by atoms with van der Waals surface area (Å²) >= 11 is 1.01. The van der Waals surface area contributed by atoms with E-state index in [1.54, 1.807) is 18.2 Å². The van der Waals surface area contributed by atoms with Crippen LogP contribution in [0.15, 0.2) is 31.8 Å². The van der Waals surface area contributed by atoms with Crippen LogP contribution in [0.5, 0.6) is 0 Å². The maximum Gasteiger partial charge on any atom is 0.243 e. The SMILES string of the molecule is O=S(=O)(NC1CNNC1)c1cccc2c1N=S=N2. The summed E-state index contributed by atoms with van der Waals surface area (Å²) in [5.74, 6) is 0. The van der Waals surface area contributed by atoms with E-state index in [0.717, 1.165) is 11.4 Å². The van der Waals surface area contributed by atoms with Gasteiger partial charge < -0.3 is 0 Å². The van der Waals surface area contributed by atoms with Crippen molar-refractivity contribution in [3.05, 3.63) is 18.2 Å². The highest BCUT2D eigenvalue weighted by Crippen LogP contribution is 2.37. The van der Waals surface area contributed by atoms with E-state index < -0.39 is 10.0 Å². The first-order valence-electron chi connectivity index (χ1n) is 5.36. The van der Waals surface area contributed by atoms with Crippen LogP contribution < -0.4 is 15.6 Å². The van der Waals surface area contributed by atoms with Crippen molar-refractivity contribution < 1.29 is 8.42 Å². The molecule has 18 heavy (non-hydrogen) atoms. The first kappa shape index (κ1) is 11.9. The standard InChI is InChI=1S/C9H11N5O2S2/c15-18(16,14-6-4-10-11-5-6)8-3-1-2-7-9(8)13-17-12-7/h1-3,6,10-11,14H,4-5H2. The van der Waals surface area contributed by atoms with Gasteiger partial charge in [-0.1, -0.05) is 6.07 Å². The van der Waals surface area contributed by atoms with Crippen LogP contribution in [0.3, 0.4) is 0 Å². The molecule has 2 aliphatic heterocycles. The smallest absolute Gasteiger partial charge is 0.243 e. The number of hydrazine groups is 1. The maximum atomic E-state index is 12.3. The summed E-state index contributed by atoms with van der Waals surface area (Å²) in [5.41, 5.74) is 6.78. The van der Waals surface area contributed by atoms with E-state index >= 15 is 0 Å². The van der Waals surface area contributed by atoms with Crippen molar-refractivity contribution in [2.45, 2.75) is 10.9 Å². The molecule has 0 atom stereocenters. The van der Waals surface area contributed by atoms with Crippen LogP contribution in [0.4, 0.5) is 11.4 Å². The summed E-state index contributed by atoms with van der Waals surface area (Å²) in [4.78, 5) is 0.181. The number of nitrogens with zero attached hydrogens (tertiary/aromatic N) is 2. The lowest BCUT2D eigenvalue weighted by atomic mass is 10.3. The fraction of sp³-hybridized carbons (Fsp3) is 0.333. The number of rotatable bonds is 3. The van der Waals surface area contributed by atoms with Gasteiger partial charge in [-0.15, -0.1) is 0 Å². The van der Waals surface area contributed by atoms with Gasteiger partial charge in [-0.2, -0.15) is 8.73 Å². The van der Waals surface area contributed by atoms with Gasteiger partial charge in [0.2, 0.25) is 10.0 Å². The zero-order valence-electron chi connectivity index (χ0n) is 9.25. The van der Waals surface area contributed by atoms with Crippen molar-refractivity contribution in [1.29, 1.82) is 0 Å². The Kier molecular flexibility index (Phi) is 2.99. The Morgan fingerprint density at radius 2 is 2.06 bits per heavy atom. The van der Waals surface area contributed by atoms with Gasteiger partial charge in [0.05, 0.1) is 11.4 Å². The van der Waals surface area contributed by atoms with Crippen LogP contribution in [0.25, 0.3) is 0 Å². The fourth-order valence-corrected chi connectivity index (χ4v) is 3.83. The number of sulfonamides is 1. The van der Waals surface area contributed by atoms with Crippen molar-refractivity contribution in [1.82, 2.24) is 15.6 Å². The lowest BCUT2D eigenvalue weighted by molar-refractivity contribution is 0.565. The lowest BCUT2D eigenvalue weighted by Gasteiger charge is -2.12. The first-order chi connectivity index (χ1) is 8.67. The molecule has 0 unspecified atom stereocenters. The molecule has 1 saturated heterocycles. The first-order valence-corrected chi connectivity index (χ1v) is 7.57. The van der Waals surface area contributed by atoms with Crippen LogP contribution in [0.1, 0.15) is 0 Å². The predicted octanol–water partition coefficient (Wildman–Crippen LogP) is 0.168. The highest BCUT2D eigenvalue weighted by atomic mass is 32.2. The van der Waals surface area contributed by atoms with Crippen molar-refractivity contribution in [3.8, 4) is 0 Å². The molecule has 0 aromatic heterocycles. The molecule has 0 aliphatic carbocycles. The third kappa shape index (κ3) is 2.10. The molecule has 0 bridgehead atoms. The molecule has 2 aliphatic rings. The third-order valence-corrected chi connectivity index (χ3v) is 4.78. The summed E-state index contributed by atoms with van der Waals surface area (Å²) < 4.78 is 35.3. The van der Waals surface area contributed by atoms with Crippen molar-refractivity contribution >= 4 is 32.8 Å². The van der Waals surface area contributed by atoms with Crippen molar-refractivity contribution in [2.75, 3.05) is 13.1 Å². The van der Waals surface area contributed by atoms with E-state index in [1.807, 2.05) is 0 Å². The molecule has 1 aromatic rings. The highest BCUT2D eigenvalue weighted by Gasteiger charge is 2.26. The molecular weight excluding hydrogens is 274 g/mol. The van der Waals surface area contributed by atoms with E-state index in [-0.39, 0.29) is 10.9 Å². The fourth-order valence-electron chi connectivity index (χ4n) is 1.83. The molecule has 1 aromatic carbocycles.